The molecule has 2 fully saturated rings. The summed E-state index contributed by atoms with van der Waals surface area (Å²) in [7, 11) is 0. The summed E-state index contributed by atoms with van der Waals surface area (Å²) >= 11 is 0. The lowest BCUT2D eigenvalue weighted by atomic mass is 10.0. The number of fused-ring (bicyclic) bond motifs is 1. The van der Waals surface area contributed by atoms with E-state index in [2.05, 4.69) is 11.2 Å². The largest absolute Gasteiger partial charge is 0.464 e. The monoisotopic (exact) mass is 485 g/mol. The Bertz CT molecular complexity index is 1510. The molecule has 0 bridgehead atoms. The Balaban J connectivity index is 1.29. The average Bonchev–Trinajstić information content (AvgIpc) is 3.30. The number of likely N-dealkylation sites (tertiary alicyclic amines) is 1. The van der Waals surface area contributed by atoms with E-state index in [4.69, 9.17) is 10.2 Å². The van der Waals surface area contributed by atoms with Gasteiger partial charge < -0.3 is 15.1 Å². The molecule has 9 nitrogen and oxygen atoms in total. The average molecular weight is 486 g/mol. The Morgan fingerprint density at radius 3 is 2.56 bits per heavy atom. The minimum Gasteiger partial charge on any atom is -0.464 e. The number of furan rings is 1. The Hall–Kier alpha value is -4.14. The molecule has 6 rings (SSSR count). The first-order chi connectivity index (χ1) is 17.5. The van der Waals surface area contributed by atoms with Crippen LogP contribution in [0.15, 0.2) is 64.0 Å². The summed E-state index contributed by atoms with van der Waals surface area (Å²) in [5.41, 5.74) is 8.50. The van der Waals surface area contributed by atoms with Crippen molar-refractivity contribution in [2.45, 2.75) is 32.2 Å². The highest BCUT2D eigenvalue weighted by atomic mass is 16.3. The van der Waals surface area contributed by atoms with Crippen LogP contribution in [0, 0.1) is 11.8 Å². The van der Waals surface area contributed by atoms with Crippen LogP contribution in [0.1, 0.15) is 25.1 Å². The van der Waals surface area contributed by atoms with Crippen LogP contribution in [0.4, 0.5) is 0 Å². The van der Waals surface area contributed by atoms with Crippen molar-refractivity contribution in [1.82, 2.24) is 19.2 Å². The molecule has 36 heavy (non-hydrogen) atoms. The van der Waals surface area contributed by atoms with Gasteiger partial charge in [0.25, 0.3) is 0 Å². The van der Waals surface area contributed by atoms with Gasteiger partial charge in [-0.2, -0.15) is 5.10 Å². The molecule has 0 spiro atoms. The van der Waals surface area contributed by atoms with Gasteiger partial charge in [-0.3, -0.25) is 9.59 Å². The summed E-state index contributed by atoms with van der Waals surface area (Å²) < 4.78 is 8.11. The molecule has 1 aliphatic heterocycles. The van der Waals surface area contributed by atoms with Crippen LogP contribution in [0.5, 0.6) is 0 Å². The van der Waals surface area contributed by atoms with Crippen LogP contribution in [0.3, 0.4) is 0 Å². The van der Waals surface area contributed by atoms with E-state index in [0.717, 1.165) is 52.6 Å². The van der Waals surface area contributed by atoms with Crippen LogP contribution < -0.4 is 11.4 Å². The van der Waals surface area contributed by atoms with Crippen molar-refractivity contribution >= 4 is 22.8 Å². The van der Waals surface area contributed by atoms with Gasteiger partial charge in [0.1, 0.15) is 18.0 Å². The van der Waals surface area contributed by atoms with E-state index in [1.54, 1.807) is 10.8 Å². The summed E-state index contributed by atoms with van der Waals surface area (Å²) in [5.74, 6) is 0.596. The van der Waals surface area contributed by atoms with E-state index in [0.29, 0.717) is 24.5 Å². The molecule has 1 atom stereocenters. The van der Waals surface area contributed by atoms with E-state index in [-0.39, 0.29) is 24.3 Å². The topological polar surface area (TPSA) is 116 Å². The van der Waals surface area contributed by atoms with E-state index >= 15 is 0 Å². The zero-order chi connectivity index (χ0) is 24.8. The summed E-state index contributed by atoms with van der Waals surface area (Å²) in [4.78, 5) is 39.2. The lowest BCUT2D eigenvalue weighted by Gasteiger charge is -2.16. The molecule has 1 unspecified atom stereocenters. The number of hydrogen-bond acceptors (Lipinski definition) is 5. The maximum absolute atomic E-state index is 13.2. The zero-order valence-corrected chi connectivity index (χ0v) is 19.8. The lowest BCUT2D eigenvalue weighted by Crippen LogP contribution is -2.30. The number of nitrogens with two attached hydrogens (primary N) is 1. The Morgan fingerprint density at radius 2 is 1.81 bits per heavy atom. The lowest BCUT2D eigenvalue weighted by molar-refractivity contribution is -0.131. The number of benzene rings is 2. The molecular weight excluding hydrogens is 458 g/mol. The van der Waals surface area contributed by atoms with Gasteiger partial charge in [-0.15, -0.1) is 0 Å². The second-order valence-corrected chi connectivity index (χ2v) is 9.80. The summed E-state index contributed by atoms with van der Waals surface area (Å²) in [6.07, 6.45) is 5.05. The molecule has 3 heterocycles. The Labute approximate surface area is 207 Å². The highest BCUT2D eigenvalue weighted by Crippen LogP contribution is 2.33. The minimum absolute atomic E-state index is 0.199. The number of amides is 2. The molecule has 1 aliphatic carbocycles. The van der Waals surface area contributed by atoms with Crippen LogP contribution in [0.2, 0.25) is 0 Å². The molecule has 2 aromatic heterocycles. The molecule has 9 heteroatoms. The Morgan fingerprint density at radius 1 is 1.03 bits per heavy atom. The van der Waals surface area contributed by atoms with Crippen molar-refractivity contribution < 1.29 is 14.0 Å². The highest BCUT2D eigenvalue weighted by molar-refractivity contribution is 5.83. The number of rotatable bonds is 7. The standard InChI is InChI=1S/C27H27N5O4/c28-24(33)16-31-27(35)32(25(29-31)13-17-9-11-30(15-17)26(34)19-1-2-19)22-6-3-18(4-7-22)20-5-8-23-21(14-20)10-12-36-23/h3-8,10,12,14,17,19H,1-2,9,11,13,15-16H2,(H2,28,33). The van der Waals surface area contributed by atoms with Gasteiger partial charge in [-0.1, -0.05) is 18.2 Å². The predicted octanol–water partition coefficient (Wildman–Crippen LogP) is 2.73. The zero-order valence-electron chi connectivity index (χ0n) is 19.8. The van der Waals surface area contributed by atoms with Gasteiger partial charge in [0, 0.05) is 30.8 Å². The quantitative estimate of drug-likeness (QED) is 0.432. The molecule has 2 N–H and O–H groups in total. The number of nitrogens with zero attached hydrogens (tertiary/aromatic N) is 4. The van der Waals surface area contributed by atoms with E-state index in [1.165, 1.54) is 0 Å². The van der Waals surface area contributed by atoms with Gasteiger partial charge in [0.15, 0.2) is 0 Å². The molecule has 1 saturated heterocycles. The molecule has 0 radical (unpaired) electrons. The normalized spacial score (nSPS) is 17.7. The highest BCUT2D eigenvalue weighted by Gasteiger charge is 2.37. The van der Waals surface area contributed by atoms with Gasteiger partial charge in [-0.25, -0.2) is 14.0 Å². The second kappa shape index (κ2) is 8.82. The predicted molar refractivity (Wildman–Crippen MR) is 133 cm³/mol. The third-order valence-electron chi connectivity index (χ3n) is 7.12. The fraction of sp³-hybridized carbons (Fsp3) is 0.333. The number of hydrogen-bond donors (Lipinski definition) is 1. The first-order valence-electron chi connectivity index (χ1n) is 12.3. The fourth-order valence-electron chi connectivity index (χ4n) is 5.09. The van der Waals surface area contributed by atoms with Crippen molar-refractivity contribution in [1.29, 1.82) is 0 Å². The summed E-state index contributed by atoms with van der Waals surface area (Å²) in [5, 5.41) is 5.49. The third-order valence-corrected chi connectivity index (χ3v) is 7.12. The maximum atomic E-state index is 13.2. The van der Waals surface area contributed by atoms with Crippen molar-refractivity contribution in [3.05, 3.63) is 71.1 Å². The smallest absolute Gasteiger partial charge is 0.351 e. The summed E-state index contributed by atoms with van der Waals surface area (Å²) in [6, 6.07) is 15.6. The Kier molecular flexibility index (Phi) is 5.47. The molecule has 2 aliphatic rings. The van der Waals surface area contributed by atoms with E-state index in [1.807, 2.05) is 47.4 Å². The SMILES string of the molecule is NC(=O)Cn1nc(CC2CCN(C(=O)C3CC3)C2)n(-c2ccc(-c3ccc4occc4c3)cc2)c1=O. The number of carbonyl (C=O) groups excluding carboxylic acids is 2. The third kappa shape index (κ3) is 4.21. The van der Waals surface area contributed by atoms with Gasteiger partial charge in [-0.05, 0) is 66.6 Å². The molecule has 2 amide bonds. The first-order valence-corrected chi connectivity index (χ1v) is 12.3. The number of primary amides is 1. The van der Waals surface area contributed by atoms with Crippen LogP contribution in [-0.2, 0) is 22.6 Å². The molecule has 4 aromatic rings. The van der Waals surface area contributed by atoms with Crippen LogP contribution in [0.25, 0.3) is 27.8 Å². The van der Waals surface area contributed by atoms with Crippen molar-refractivity contribution in [2.24, 2.45) is 17.6 Å². The van der Waals surface area contributed by atoms with Crippen LogP contribution in [-0.4, -0.2) is 44.2 Å². The number of aromatic nitrogens is 3. The molecule has 184 valence electrons. The van der Waals surface area contributed by atoms with Crippen molar-refractivity contribution in [2.75, 3.05) is 13.1 Å². The van der Waals surface area contributed by atoms with Gasteiger partial charge in [0.05, 0.1) is 12.0 Å². The van der Waals surface area contributed by atoms with E-state index < -0.39 is 11.6 Å². The first kappa shape index (κ1) is 22.3. The minimum atomic E-state index is -0.625. The van der Waals surface area contributed by atoms with Crippen molar-refractivity contribution in [3.63, 3.8) is 0 Å². The summed E-state index contributed by atoms with van der Waals surface area (Å²) in [6.45, 7) is 1.13. The van der Waals surface area contributed by atoms with Crippen LogP contribution >= 0.6 is 0 Å². The number of carbonyl (C=O) groups is 2. The maximum Gasteiger partial charge on any atom is 0.351 e. The van der Waals surface area contributed by atoms with Crippen molar-refractivity contribution in [3.8, 4) is 16.8 Å². The molecule has 1 saturated carbocycles. The molecule has 2 aromatic carbocycles. The van der Waals surface area contributed by atoms with Gasteiger partial charge in [0.2, 0.25) is 11.8 Å². The second-order valence-electron chi connectivity index (χ2n) is 9.80. The fourth-order valence-corrected chi connectivity index (χ4v) is 5.09. The van der Waals surface area contributed by atoms with Gasteiger partial charge >= 0.3 is 5.69 Å². The van der Waals surface area contributed by atoms with E-state index in [9.17, 15) is 14.4 Å². The molecular formula is C27H27N5O4.